The van der Waals surface area contributed by atoms with Gasteiger partial charge >= 0.3 is 0 Å². The summed E-state index contributed by atoms with van der Waals surface area (Å²) in [4.78, 5) is 0. The van der Waals surface area contributed by atoms with Crippen LogP contribution in [0.2, 0.25) is 0 Å². The minimum Gasteiger partial charge on any atom is -0.0885 e. The topological polar surface area (TPSA) is 0 Å². The van der Waals surface area contributed by atoms with Gasteiger partial charge < -0.3 is 0 Å². The smallest absolute Gasteiger partial charge is 0.0319 e. The van der Waals surface area contributed by atoms with Crippen LogP contribution < -0.4 is 0 Å². The number of rotatable bonds is 14. The van der Waals surface area contributed by atoms with Crippen molar-refractivity contribution in [2.24, 2.45) is 0 Å². The average Bonchev–Trinajstić information content (AvgIpc) is 2.39. The van der Waals surface area contributed by atoms with Crippen LogP contribution in [-0.4, -0.2) is 0 Å². The summed E-state index contributed by atoms with van der Waals surface area (Å²) in [5.74, 6) is 0. The van der Waals surface area contributed by atoms with E-state index in [1.165, 1.54) is 83.5 Å². The van der Waals surface area contributed by atoms with E-state index in [0.29, 0.717) is 0 Å². The van der Waals surface area contributed by atoms with Crippen LogP contribution in [0.25, 0.3) is 0 Å². The van der Waals surface area contributed by atoms with Crippen LogP contribution in [0.15, 0.2) is 12.2 Å². The first-order valence-corrected chi connectivity index (χ1v) is 8.38. The molecule has 0 heterocycles. The second-order valence-electron chi connectivity index (χ2n) is 5.40. The maximum Gasteiger partial charge on any atom is -0.0319 e. The lowest BCUT2D eigenvalue weighted by Gasteiger charge is -1.98. The molecule has 0 fully saturated rings. The van der Waals surface area contributed by atoms with E-state index in [0.717, 1.165) is 0 Å². The van der Waals surface area contributed by atoms with E-state index >= 15 is 0 Å². The van der Waals surface area contributed by atoms with E-state index in [9.17, 15) is 0 Å². The van der Waals surface area contributed by atoms with Crippen LogP contribution in [0.4, 0.5) is 0 Å². The van der Waals surface area contributed by atoms with Crippen molar-refractivity contribution in [1.82, 2.24) is 0 Å². The van der Waals surface area contributed by atoms with Crippen molar-refractivity contribution in [3.63, 3.8) is 0 Å². The van der Waals surface area contributed by atoms with Gasteiger partial charge in [0.05, 0.1) is 0 Å². The Kier molecular flexibility index (Phi) is 16.5. The van der Waals surface area contributed by atoms with Gasteiger partial charge in [0.1, 0.15) is 0 Å². The molecule has 0 bridgehead atoms. The molecule has 18 heavy (non-hydrogen) atoms. The molecule has 0 spiro atoms. The molecule has 0 aromatic rings. The molecule has 0 saturated carbocycles. The second-order valence-corrected chi connectivity index (χ2v) is 5.40. The zero-order valence-corrected chi connectivity index (χ0v) is 12.9. The van der Waals surface area contributed by atoms with Gasteiger partial charge in [0, 0.05) is 0 Å². The lowest BCUT2D eigenvalue weighted by Crippen LogP contribution is -1.79. The SMILES string of the molecule is CCCCCC[CH]CC=CCCCCCCCC. The Balaban J connectivity index is 3.00. The van der Waals surface area contributed by atoms with Crippen molar-refractivity contribution in [2.75, 3.05) is 0 Å². The van der Waals surface area contributed by atoms with E-state index in [2.05, 4.69) is 32.4 Å². The first kappa shape index (κ1) is 17.7. The highest BCUT2D eigenvalue weighted by Gasteiger charge is 1.89. The highest BCUT2D eigenvalue weighted by atomic mass is 14.0. The number of hydrogen-bond donors (Lipinski definition) is 0. The Morgan fingerprint density at radius 2 is 1.11 bits per heavy atom. The van der Waals surface area contributed by atoms with Crippen LogP contribution in [0.5, 0.6) is 0 Å². The van der Waals surface area contributed by atoms with E-state index in [1.807, 2.05) is 0 Å². The summed E-state index contributed by atoms with van der Waals surface area (Å²) in [6.45, 7) is 4.55. The molecule has 0 amide bonds. The third-order valence-electron chi connectivity index (χ3n) is 3.46. The highest BCUT2D eigenvalue weighted by molar-refractivity contribution is 4.86. The Labute approximate surface area is 116 Å². The molecule has 0 aromatic heterocycles. The average molecular weight is 251 g/mol. The number of hydrogen-bond acceptors (Lipinski definition) is 0. The van der Waals surface area contributed by atoms with E-state index in [4.69, 9.17) is 0 Å². The van der Waals surface area contributed by atoms with Crippen molar-refractivity contribution >= 4 is 0 Å². The van der Waals surface area contributed by atoms with Gasteiger partial charge in [-0.1, -0.05) is 83.8 Å². The van der Waals surface area contributed by atoms with Gasteiger partial charge in [0.15, 0.2) is 0 Å². The summed E-state index contributed by atoms with van der Waals surface area (Å²) < 4.78 is 0. The fourth-order valence-corrected chi connectivity index (χ4v) is 2.19. The predicted molar refractivity (Wildman–Crippen MR) is 84.8 cm³/mol. The molecule has 0 heteroatoms. The first-order valence-electron chi connectivity index (χ1n) is 8.38. The van der Waals surface area contributed by atoms with Crippen molar-refractivity contribution < 1.29 is 0 Å². The van der Waals surface area contributed by atoms with Gasteiger partial charge in [-0.3, -0.25) is 0 Å². The molecule has 0 nitrogen and oxygen atoms in total. The molecule has 0 aliphatic rings. The monoisotopic (exact) mass is 251 g/mol. The summed E-state index contributed by atoms with van der Waals surface area (Å²) >= 11 is 0. The molecule has 0 rings (SSSR count). The summed E-state index contributed by atoms with van der Waals surface area (Å²) in [7, 11) is 0. The van der Waals surface area contributed by atoms with Crippen LogP contribution in [0.1, 0.15) is 97.3 Å². The summed E-state index contributed by atoms with van der Waals surface area (Å²) in [6, 6.07) is 0. The molecule has 0 atom stereocenters. The van der Waals surface area contributed by atoms with Gasteiger partial charge in [-0.25, -0.2) is 0 Å². The normalized spacial score (nSPS) is 11.4. The third kappa shape index (κ3) is 15.7. The Hall–Kier alpha value is -0.260. The maximum atomic E-state index is 2.44. The van der Waals surface area contributed by atoms with Gasteiger partial charge in [-0.15, -0.1) is 0 Å². The van der Waals surface area contributed by atoms with Crippen molar-refractivity contribution in [1.29, 1.82) is 0 Å². The van der Waals surface area contributed by atoms with E-state index in [-0.39, 0.29) is 0 Å². The van der Waals surface area contributed by atoms with Crippen LogP contribution >= 0.6 is 0 Å². The molecule has 0 N–H and O–H groups in total. The van der Waals surface area contributed by atoms with Crippen molar-refractivity contribution in [3.8, 4) is 0 Å². The standard InChI is InChI=1S/C18H35/c1-3-5-7-9-11-13-15-17-18-16-14-12-10-8-6-4-2/h13,17-18H,3-12,14-16H2,1-2H3. The highest BCUT2D eigenvalue weighted by Crippen LogP contribution is 2.09. The van der Waals surface area contributed by atoms with Gasteiger partial charge in [-0.05, 0) is 32.1 Å². The molecule has 0 aliphatic carbocycles. The third-order valence-corrected chi connectivity index (χ3v) is 3.46. The molecule has 0 aliphatic heterocycles. The van der Waals surface area contributed by atoms with Crippen molar-refractivity contribution in [3.05, 3.63) is 18.6 Å². The number of unbranched alkanes of at least 4 members (excludes halogenated alkanes) is 12. The Morgan fingerprint density at radius 3 is 1.83 bits per heavy atom. The Bertz CT molecular complexity index is 139. The second kappa shape index (κ2) is 16.7. The fraction of sp³-hybridized carbons (Fsp3) is 0.833. The van der Waals surface area contributed by atoms with Crippen molar-refractivity contribution in [2.45, 2.75) is 97.3 Å². The summed E-state index contributed by atoms with van der Waals surface area (Å²) in [6.07, 6.45) is 24.9. The van der Waals surface area contributed by atoms with Crippen LogP contribution in [0.3, 0.4) is 0 Å². The van der Waals surface area contributed by atoms with Gasteiger partial charge in [0.2, 0.25) is 0 Å². The molecule has 0 unspecified atom stereocenters. The van der Waals surface area contributed by atoms with Gasteiger partial charge in [0.25, 0.3) is 0 Å². The maximum absolute atomic E-state index is 2.44. The molecule has 107 valence electrons. The zero-order chi connectivity index (χ0) is 13.3. The molecular weight excluding hydrogens is 216 g/mol. The molecule has 1 radical (unpaired) electrons. The summed E-state index contributed by atoms with van der Waals surface area (Å²) in [5.41, 5.74) is 0. The lowest BCUT2D eigenvalue weighted by molar-refractivity contribution is 0.611. The van der Waals surface area contributed by atoms with Crippen LogP contribution in [-0.2, 0) is 0 Å². The minimum absolute atomic E-state index is 1.18. The molecule has 0 saturated heterocycles. The predicted octanol–water partition coefficient (Wildman–Crippen LogP) is 6.86. The number of allylic oxidation sites excluding steroid dienone is 2. The quantitative estimate of drug-likeness (QED) is 0.234. The van der Waals surface area contributed by atoms with Gasteiger partial charge in [-0.2, -0.15) is 0 Å². The first-order chi connectivity index (χ1) is 8.91. The Morgan fingerprint density at radius 1 is 0.556 bits per heavy atom. The molecular formula is C18H35. The largest absolute Gasteiger partial charge is 0.0885 e. The lowest BCUT2D eigenvalue weighted by atomic mass is 10.1. The van der Waals surface area contributed by atoms with Crippen LogP contribution in [0, 0.1) is 6.42 Å². The molecule has 0 aromatic carbocycles. The van der Waals surface area contributed by atoms with E-state index < -0.39 is 0 Å². The van der Waals surface area contributed by atoms with E-state index in [1.54, 1.807) is 0 Å². The summed E-state index contributed by atoms with van der Waals surface area (Å²) in [5, 5.41) is 0. The minimum atomic E-state index is 1.18. The zero-order valence-electron chi connectivity index (χ0n) is 12.9. The fourth-order valence-electron chi connectivity index (χ4n) is 2.19.